The van der Waals surface area contributed by atoms with Gasteiger partial charge in [0.05, 0.1) is 5.92 Å². The van der Waals surface area contributed by atoms with Crippen molar-refractivity contribution in [2.75, 3.05) is 18.4 Å². The SMILES string of the molecule is Cc1c(Cl)cccc1NC(=O)[C@H]1CCCN(C(=O)C(C)(C)C)C1. The quantitative estimate of drug-likeness (QED) is 0.891. The van der Waals surface area contributed by atoms with Gasteiger partial charge >= 0.3 is 0 Å². The summed E-state index contributed by atoms with van der Waals surface area (Å²) in [6, 6.07) is 5.47. The fraction of sp³-hybridized carbons (Fsp3) is 0.556. The first kappa shape index (κ1) is 17.8. The van der Waals surface area contributed by atoms with Crippen LogP contribution in [-0.2, 0) is 9.59 Å². The monoisotopic (exact) mass is 336 g/mol. The van der Waals surface area contributed by atoms with Crippen LogP contribution in [0.3, 0.4) is 0 Å². The highest BCUT2D eigenvalue weighted by Crippen LogP contribution is 2.26. The van der Waals surface area contributed by atoms with Crippen LogP contribution in [0.5, 0.6) is 0 Å². The maximum absolute atomic E-state index is 12.6. The lowest BCUT2D eigenvalue weighted by Crippen LogP contribution is -2.47. The molecule has 1 fully saturated rings. The van der Waals surface area contributed by atoms with Gasteiger partial charge in [0.1, 0.15) is 0 Å². The lowest BCUT2D eigenvalue weighted by Gasteiger charge is -2.36. The predicted molar refractivity (Wildman–Crippen MR) is 93.6 cm³/mol. The molecule has 1 aromatic carbocycles. The van der Waals surface area contributed by atoms with Crippen molar-refractivity contribution in [2.45, 2.75) is 40.5 Å². The Morgan fingerprint density at radius 1 is 1.30 bits per heavy atom. The molecule has 2 amide bonds. The molecule has 0 bridgehead atoms. The predicted octanol–water partition coefficient (Wildman–Crippen LogP) is 3.87. The number of piperidine rings is 1. The van der Waals surface area contributed by atoms with Crippen molar-refractivity contribution in [3.8, 4) is 0 Å². The number of anilines is 1. The fourth-order valence-corrected chi connectivity index (χ4v) is 3.00. The summed E-state index contributed by atoms with van der Waals surface area (Å²) in [5.74, 6) is -0.107. The number of nitrogens with one attached hydrogen (secondary N) is 1. The molecule has 0 saturated carbocycles. The second-order valence-electron chi connectivity index (χ2n) is 7.24. The van der Waals surface area contributed by atoms with Gasteiger partial charge < -0.3 is 10.2 Å². The number of amides is 2. The highest BCUT2D eigenvalue weighted by atomic mass is 35.5. The normalized spacial score (nSPS) is 18.7. The van der Waals surface area contributed by atoms with Crippen molar-refractivity contribution in [2.24, 2.45) is 11.3 Å². The Labute approximate surface area is 143 Å². The molecule has 1 saturated heterocycles. The first-order valence-electron chi connectivity index (χ1n) is 8.05. The molecule has 1 atom stereocenters. The smallest absolute Gasteiger partial charge is 0.229 e. The molecule has 0 aromatic heterocycles. The molecule has 5 heteroatoms. The van der Waals surface area contributed by atoms with Crippen molar-refractivity contribution in [3.05, 3.63) is 28.8 Å². The van der Waals surface area contributed by atoms with Crippen LogP contribution in [-0.4, -0.2) is 29.8 Å². The van der Waals surface area contributed by atoms with E-state index in [1.165, 1.54) is 0 Å². The summed E-state index contributed by atoms with van der Waals surface area (Å²) in [6.45, 7) is 8.84. The van der Waals surface area contributed by atoms with Crippen LogP contribution in [0.15, 0.2) is 18.2 Å². The Balaban J connectivity index is 2.05. The van der Waals surface area contributed by atoms with Gasteiger partial charge in [-0.2, -0.15) is 0 Å². The summed E-state index contributed by atoms with van der Waals surface area (Å²) in [4.78, 5) is 26.8. The van der Waals surface area contributed by atoms with Crippen LogP contribution in [0.25, 0.3) is 0 Å². The molecule has 0 spiro atoms. The zero-order valence-electron chi connectivity index (χ0n) is 14.3. The number of nitrogens with zero attached hydrogens (tertiary/aromatic N) is 1. The van der Waals surface area contributed by atoms with Crippen LogP contribution in [0.4, 0.5) is 5.69 Å². The number of carbonyl (C=O) groups is 2. The molecule has 23 heavy (non-hydrogen) atoms. The average Bonchev–Trinajstić information content (AvgIpc) is 2.50. The topological polar surface area (TPSA) is 49.4 Å². The first-order valence-corrected chi connectivity index (χ1v) is 8.43. The summed E-state index contributed by atoms with van der Waals surface area (Å²) in [5, 5.41) is 3.59. The number of carbonyl (C=O) groups excluding carboxylic acids is 2. The highest BCUT2D eigenvalue weighted by molar-refractivity contribution is 6.31. The summed E-state index contributed by atoms with van der Waals surface area (Å²) in [7, 11) is 0. The molecule has 0 unspecified atom stereocenters. The van der Waals surface area contributed by atoms with Crippen molar-refractivity contribution in [1.29, 1.82) is 0 Å². The minimum absolute atomic E-state index is 0.0400. The standard InChI is InChI=1S/C18H25ClN2O2/c1-12-14(19)8-5-9-15(12)20-16(22)13-7-6-10-21(11-13)17(23)18(2,3)4/h5,8-9,13H,6-7,10-11H2,1-4H3,(H,20,22)/t13-/m0/s1. The Morgan fingerprint density at radius 3 is 2.65 bits per heavy atom. The second-order valence-corrected chi connectivity index (χ2v) is 7.65. The average molecular weight is 337 g/mol. The fourth-order valence-electron chi connectivity index (χ4n) is 2.83. The van der Waals surface area contributed by atoms with E-state index in [0.29, 0.717) is 11.6 Å². The molecule has 1 N–H and O–H groups in total. The van der Waals surface area contributed by atoms with E-state index in [2.05, 4.69) is 5.32 Å². The third-order valence-electron chi connectivity index (χ3n) is 4.25. The lowest BCUT2D eigenvalue weighted by molar-refractivity contribution is -0.142. The zero-order valence-corrected chi connectivity index (χ0v) is 15.0. The second kappa shape index (κ2) is 6.91. The molecular formula is C18H25ClN2O2. The number of likely N-dealkylation sites (tertiary alicyclic amines) is 1. The summed E-state index contributed by atoms with van der Waals surface area (Å²) in [5.41, 5.74) is 1.18. The van der Waals surface area contributed by atoms with Gasteiger partial charge in [0.2, 0.25) is 11.8 Å². The minimum Gasteiger partial charge on any atom is -0.341 e. The van der Waals surface area contributed by atoms with Crippen molar-refractivity contribution < 1.29 is 9.59 Å². The maximum atomic E-state index is 12.6. The van der Waals surface area contributed by atoms with Crippen LogP contribution >= 0.6 is 11.6 Å². The Morgan fingerprint density at radius 2 is 2.00 bits per heavy atom. The van der Waals surface area contributed by atoms with E-state index in [-0.39, 0.29) is 17.7 Å². The van der Waals surface area contributed by atoms with Crippen molar-refractivity contribution >= 4 is 29.1 Å². The van der Waals surface area contributed by atoms with Crippen molar-refractivity contribution in [1.82, 2.24) is 4.90 Å². The van der Waals surface area contributed by atoms with E-state index in [0.717, 1.165) is 30.6 Å². The number of halogens is 1. The van der Waals surface area contributed by atoms with Gasteiger partial charge in [-0.1, -0.05) is 38.4 Å². The third-order valence-corrected chi connectivity index (χ3v) is 4.66. The van der Waals surface area contributed by atoms with Gasteiger partial charge in [0.25, 0.3) is 0 Å². The van der Waals surface area contributed by atoms with E-state index in [1.54, 1.807) is 6.07 Å². The summed E-state index contributed by atoms with van der Waals surface area (Å²) < 4.78 is 0. The molecule has 1 aromatic rings. The van der Waals surface area contributed by atoms with E-state index in [4.69, 9.17) is 11.6 Å². The molecule has 1 heterocycles. The zero-order chi connectivity index (χ0) is 17.2. The summed E-state index contributed by atoms with van der Waals surface area (Å²) in [6.07, 6.45) is 1.66. The van der Waals surface area contributed by atoms with Gasteiger partial charge in [-0.3, -0.25) is 9.59 Å². The van der Waals surface area contributed by atoms with Gasteiger partial charge in [0.15, 0.2) is 0 Å². The van der Waals surface area contributed by atoms with E-state index in [9.17, 15) is 9.59 Å². The first-order chi connectivity index (χ1) is 10.7. The third kappa shape index (κ3) is 4.25. The molecule has 0 aliphatic carbocycles. The molecule has 1 aliphatic heterocycles. The molecule has 0 radical (unpaired) electrons. The van der Waals surface area contributed by atoms with Crippen LogP contribution in [0.1, 0.15) is 39.2 Å². The number of hydrogen-bond donors (Lipinski definition) is 1. The highest BCUT2D eigenvalue weighted by Gasteiger charge is 2.33. The molecule has 2 rings (SSSR count). The largest absolute Gasteiger partial charge is 0.341 e. The van der Waals surface area contributed by atoms with Crippen molar-refractivity contribution in [3.63, 3.8) is 0 Å². The number of hydrogen-bond acceptors (Lipinski definition) is 2. The minimum atomic E-state index is -0.415. The number of rotatable bonds is 2. The Kier molecular flexibility index (Phi) is 5.35. The van der Waals surface area contributed by atoms with E-state index in [1.807, 2.05) is 44.7 Å². The maximum Gasteiger partial charge on any atom is 0.229 e. The van der Waals surface area contributed by atoms with Crippen LogP contribution < -0.4 is 5.32 Å². The van der Waals surface area contributed by atoms with Gasteiger partial charge in [-0.15, -0.1) is 0 Å². The summed E-state index contributed by atoms with van der Waals surface area (Å²) >= 11 is 6.09. The van der Waals surface area contributed by atoms with Crippen LogP contribution in [0.2, 0.25) is 5.02 Å². The molecule has 126 valence electrons. The number of benzene rings is 1. The molecule has 4 nitrogen and oxygen atoms in total. The van der Waals surface area contributed by atoms with E-state index >= 15 is 0 Å². The van der Waals surface area contributed by atoms with Gasteiger partial charge in [0, 0.05) is 29.2 Å². The van der Waals surface area contributed by atoms with Crippen LogP contribution in [0, 0.1) is 18.3 Å². The van der Waals surface area contributed by atoms with Gasteiger partial charge in [-0.25, -0.2) is 0 Å². The molecular weight excluding hydrogens is 312 g/mol. The Bertz CT molecular complexity index is 608. The van der Waals surface area contributed by atoms with Gasteiger partial charge in [-0.05, 0) is 37.5 Å². The lowest BCUT2D eigenvalue weighted by atomic mass is 9.91. The Hall–Kier alpha value is -1.55. The molecule has 1 aliphatic rings. The van der Waals surface area contributed by atoms with E-state index < -0.39 is 5.41 Å².